The lowest BCUT2D eigenvalue weighted by Crippen LogP contribution is -2.27. The van der Waals surface area contributed by atoms with Crippen LogP contribution in [0.1, 0.15) is 11.3 Å². The summed E-state index contributed by atoms with van der Waals surface area (Å²) in [4.78, 5) is -0.463. The van der Waals surface area contributed by atoms with Crippen LogP contribution in [0.3, 0.4) is 0 Å². The van der Waals surface area contributed by atoms with Gasteiger partial charge in [0.2, 0.25) is 10.0 Å². The summed E-state index contributed by atoms with van der Waals surface area (Å²) >= 11 is 0. The van der Waals surface area contributed by atoms with Crippen molar-refractivity contribution < 1.29 is 17.9 Å². The molecule has 0 aliphatic carbocycles. The molecular weight excluding hydrogens is 297 g/mol. The molecule has 0 aliphatic rings. The largest absolute Gasteiger partial charge is 0.392 e. The Hall–Kier alpha value is -1.77. The average molecular weight is 313 g/mol. The van der Waals surface area contributed by atoms with E-state index in [2.05, 4.69) is 9.82 Å². The first-order valence-electron chi connectivity index (χ1n) is 6.30. The molecule has 0 amide bonds. The minimum Gasteiger partial charge on any atom is -0.392 e. The van der Waals surface area contributed by atoms with E-state index in [9.17, 15) is 12.8 Å². The second kappa shape index (κ2) is 6.33. The van der Waals surface area contributed by atoms with E-state index in [0.717, 1.165) is 17.8 Å². The van der Waals surface area contributed by atoms with Gasteiger partial charge in [0.1, 0.15) is 10.7 Å². The predicted molar refractivity (Wildman–Crippen MR) is 74.4 cm³/mol. The Morgan fingerprint density at radius 3 is 2.76 bits per heavy atom. The van der Waals surface area contributed by atoms with Crippen molar-refractivity contribution in [3.63, 3.8) is 0 Å². The van der Waals surface area contributed by atoms with Crippen LogP contribution < -0.4 is 4.72 Å². The van der Waals surface area contributed by atoms with Gasteiger partial charge in [-0.05, 0) is 23.8 Å². The monoisotopic (exact) mass is 313 g/mol. The van der Waals surface area contributed by atoms with Crippen molar-refractivity contribution in [2.75, 3.05) is 6.54 Å². The molecule has 21 heavy (non-hydrogen) atoms. The number of aliphatic hydroxyl groups is 1. The van der Waals surface area contributed by atoms with Gasteiger partial charge in [0, 0.05) is 26.2 Å². The fraction of sp³-hybridized carbons (Fsp3) is 0.308. The lowest BCUT2D eigenvalue weighted by Gasteiger charge is -2.08. The molecule has 0 radical (unpaired) electrons. The van der Waals surface area contributed by atoms with Gasteiger partial charge in [-0.1, -0.05) is 6.07 Å². The quantitative estimate of drug-likeness (QED) is 0.817. The van der Waals surface area contributed by atoms with Gasteiger partial charge in [-0.2, -0.15) is 5.10 Å². The van der Waals surface area contributed by atoms with Crippen molar-refractivity contribution in [3.05, 3.63) is 47.5 Å². The number of hydrogen-bond donors (Lipinski definition) is 2. The fourth-order valence-electron chi connectivity index (χ4n) is 1.84. The standard InChI is InChI=1S/C13H16FN3O3S/c1-17-7-5-11(16-17)4-6-15-21(19,20)13-8-10(9-18)2-3-12(13)14/h2-3,5,7-8,15,18H,4,6,9H2,1H3. The van der Waals surface area contributed by atoms with E-state index < -0.39 is 20.7 Å². The number of nitrogens with zero attached hydrogens (tertiary/aromatic N) is 2. The molecule has 6 nitrogen and oxygen atoms in total. The van der Waals surface area contributed by atoms with Crippen molar-refractivity contribution in [2.24, 2.45) is 7.05 Å². The average Bonchev–Trinajstić information content (AvgIpc) is 2.84. The third kappa shape index (κ3) is 3.87. The Kier molecular flexibility index (Phi) is 4.71. The molecule has 0 aliphatic heterocycles. The van der Waals surface area contributed by atoms with Gasteiger partial charge in [0.25, 0.3) is 0 Å². The first-order chi connectivity index (χ1) is 9.92. The zero-order chi connectivity index (χ0) is 15.5. The van der Waals surface area contributed by atoms with Crippen LogP contribution in [0.4, 0.5) is 4.39 Å². The van der Waals surface area contributed by atoms with Crippen molar-refractivity contribution >= 4 is 10.0 Å². The molecule has 1 aromatic heterocycles. The van der Waals surface area contributed by atoms with E-state index in [0.29, 0.717) is 12.0 Å². The van der Waals surface area contributed by atoms with E-state index in [1.54, 1.807) is 24.0 Å². The molecule has 1 heterocycles. The van der Waals surface area contributed by atoms with Crippen molar-refractivity contribution in [3.8, 4) is 0 Å². The maximum atomic E-state index is 13.6. The number of sulfonamides is 1. The van der Waals surface area contributed by atoms with Crippen LogP contribution >= 0.6 is 0 Å². The number of aromatic nitrogens is 2. The van der Waals surface area contributed by atoms with Crippen molar-refractivity contribution in [1.82, 2.24) is 14.5 Å². The minimum atomic E-state index is -3.96. The zero-order valence-corrected chi connectivity index (χ0v) is 12.3. The van der Waals surface area contributed by atoms with Crippen LogP contribution in [-0.4, -0.2) is 29.8 Å². The van der Waals surface area contributed by atoms with Gasteiger partial charge in [-0.3, -0.25) is 4.68 Å². The molecular formula is C13H16FN3O3S. The van der Waals surface area contributed by atoms with E-state index in [1.165, 1.54) is 6.07 Å². The van der Waals surface area contributed by atoms with E-state index in [-0.39, 0.29) is 13.2 Å². The van der Waals surface area contributed by atoms with E-state index in [4.69, 9.17) is 5.11 Å². The molecule has 1 aromatic carbocycles. The van der Waals surface area contributed by atoms with Crippen molar-refractivity contribution in [1.29, 1.82) is 0 Å². The molecule has 2 rings (SSSR count). The summed E-state index contributed by atoms with van der Waals surface area (Å²) in [6.07, 6.45) is 2.16. The van der Waals surface area contributed by atoms with Gasteiger partial charge in [0.15, 0.2) is 0 Å². The highest BCUT2D eigenvalue weighted by Crippen LogP contribution is 2.16. The molecule has 0 unspecified atom stereocenters. The van der Waals surface area contributed by atoms with Crippen LogP contribution in [0.5, 0.6) is 0 Å². The third-order valence-corrected chi connectivity index (χ3v) is 4.39. The Morgan fingerprint density at radius 1 is 1.38 bits per heavy atom. The second-order valence-electron chi connectivity index (χ2n) is 4.55. The van der Waals surface area contributed by atoms with Gasteiger partial charge < -0.3 is 5.11 Å². The second-order valence-corrected chi connectivity index (χ2v) is 6.29. The summed E-state index contributed by atoms with van der Waals surface area (Å²) in [6, 6.07) is 5.26. The molecule has 8 heteroatoms. The third-order valence-electron chi connectivity index (χ3n) is 2.91. The van der Waals surface area contributed by atoms with Crippen LogP contribution in [0.25, 0.3) is 0 Å². The first kappa shape index (κ1) is 15.6. The minimum absolute atomic E-state index is 0.113. The maximum Gasteiger partial charge on any atom is 0.243 e. The Balaban J connectivity index is 2.07. The lowest BCUT2D eigenvalue weighted by molar-refractivity contribution is 0.281. The van der Waals surface area contributed by atoms with Crippen LogP contribution in [0.15, 0.2) is 35.4 Å². The topological polar surface area (TPSA) is 84.2 Å². The Labute approximate surface area is 122 Å². The molecule has 0 fully saturated rings. The van der Waals surface area contributed by atoms with Crippen molar-refractivity contribution in [2.45, 2.75) is 17.9 Å². The highest BCUT2D eigenvalue weighted by Gasteiger charge is 2.19. The Morgan fingerprint density at radius 2 is 2.14 bits per heavy atom. The fourth-order valence-corrected chi connectivity index (χ4v) is 3.00. The SMILES string of the molecule is Cn1ccc(CCNS(=O)(=O)c2cc(CO)ccc2F)n1. The Bertz CT molecular complexity index is 728. The summed E-state index contributed by atoms with van der Waals surface area (Å²) in [5, 5.41) is 13.1. The predicted octanol–water partition coefficient (Wildman–Crippen LogP) is 0.573. The molecule has 0 saturated carbocycles. The molecule has 2 aromatic rings. The van der Waals surface area contributed by atoms with Gasteiger partial charge in [0.05, 0.1) is 12.3 Å². The van der Waals surface area contributed by atoms with Crippen LogP contribution in [0, 0.1) is 5.82 Å². The number of nitrogens with one attached hydrogen (secondary N) is 1. The first-order valence-corrected chi connectivity index (χ1v) is 7.78. The van der Waals surface area contributed by atoms with E-state index >= 15 is 0 Å². The molecule has 0 atom stereocenters. The highest BCUT2D eigenvalue weighted by atomic mass is 32.2. The number of aliphatic hydroxyl groups excluding tert-OH is 1. The molecule has 2 N–H and O–H groups in total. The number of halogens is 1. The molecule has 0 spiro atoms. The van der Waals surface area contributed by atoms with Gasteiger partial charge in [-0.15, -0.1) is 0 Å². The number of aryl methyl sites for hydroxylation is 1. The summed E-state index contributed by atoms with van der Waals surface area (Å²) < 4.78 is 41.7. The van der Waals surface area contributed by atoms with E-state index in [1.807, 2.05) is 0 Å². The summed E-state index contributed by atoms with van der Waals surface area (Å²) in [5.74, 6) is -0.850. The summed E-state index contributed by atoms with van der Waals surface area (Å²) in [7, 11) is -2.19. The number of rotatable bonds is 6. The molecule has 114 valence electrons. The van der Waals surface area contributed by atoms with Crippen LogP contribution in [0.2, 0.25) is 0 Å². The lowest BCUT2D eigenvalue weighted by atomic mass is 10.2. The van der Waals surface area contributed by atoms with Gasteiger partial charge in [-0.25, -0.2) is 17.5 Å². The molecule has 0 bridgehead atoms. The summed E-state index contributed by atoms with van der Waals surface area (Å²) in [6.45, 7) is -0.237. The van der Waals surface area contributed by atoms with Gasteiger partial charge >= 0.3 is 0 Å². The van der Waals surface area contributed by atoms with Crippen LogP contribution in [-0.2, 0) is 30.1 Å². The summed E-state index contributed by atoms with van der Waals surface area (Å²) in [5.41, 5.74) is 1.08. The maximum absolute atomic E-state index is 13.6. The highest BCUT2D eigenvalue weighted by molar-refractivity contribution is 7.89. The number of hydrogen-bond acceptors (Lipinski definition) is 4. The normalized spacial score (nSPS) is 11.8. The smallest absolute Gasteiger partial charge is 0.243 e. The molecule has 0 saturated heterocycles. The number of benzene rings is 1. The zero-order valence-electron chi connectivity index (χ0n) is 11.5.